The van der Waals surface area contributed by atoms with Crippen molar-refractivity contribution in [3.05, 3.63) is 28.8 Å². The van der Waals surface area contributed by atoms with Gasteiger partial charge in [-0.05, 0) is 61.8 Å². The minimum absolute atomic E-state index is 0.0146. The quantitative estimate of drug-likeness (QED) is 0.782. The SMILES string of the molecule is O=C(Nc1ccc(Cl)c(C2CC(O)C2)c1)N1C2CC(C(F)(F)F)C[C@@H]1C2. The minimum Gasteiger partial charge on any atom is -0.393 e. The predicted octanol–water partition coefficient (Wildman–Crippen LogP) is 4.53. The Kier molecular flexibility index (Phi) is 4.34. The van der Waals surface area contributed by atoms with Gasteiger partial charge in [0.25, 0.3) is 0 Å². The number of nitrogens with one attached hydrogen (secondary N) is 1. The van der Waals surface area contributed by atoms with Gasteiger partial charge in [0, 0.05) is 22.8 Å². The number of benzene rings is 1. The molecule has 0 aromatic heterocycles. The average Bonchev–Trinajstić information content (AvgIpc) is 2.53. The predicted molar refractivity (Wildman–Crippen MR) is 91.3 cm³/mol. The topological polar surface area (TPSA) is 52.6 Å². The summed E-state index contributed by atoms with van der Waals surface area (Å²) < 4.78 is 38.7. The Balaban J connectivity index is 1.41. The lowest BCUT2D eigenvalue weighted by Crippen LogP contribution is -2.65. The number of halogens is 4. The average molecular weight is 389 g/mol. The summed E-state index contributed by atoms with van der Waals surface area (Å²) in [5.41, 5.74) is 1.46. The van der Waals surface area contributed by atoms with Gasteiger partial charge in [-0.1, -0.05) is 11.6 Å². The van der Waals surface area contributed by atoms with Crippen LogP contribution in [0, 0.1) is 5.92 Å². The zero-order chi connectivity index (χ0) is 18.6. The van der Waals surface area contributed by atoms with E-state index < -0.39 is 12.1 Å². The van der Waals surface area contributed by atoms with E-state index in [2.05, 4.69) is 5.32 Å². The highest BCUT2D eigenvalue weighted by molar-refractivity contribution is 6.31. The van der Waals surface area contributed by atoms with Gasteiger partial charge in [-0.3, -0.25) is 0 Å². The molecular formula is C18H20ClF3N2O2. The van der Waals surface area contributed by atoms with Crippen molar-refractivity contribution < 1.29 is 23.1 Å². The van der Waals surface area contributed by atoms with E-state index in [9.17, 15) is 23.1 Å². The minimum atomic E-state index is -4.18. The molecular weight excluding hydrogens is 369 g/mol. The number of hydrogen-bond acceptors (Lipinski definition) is 2. The van der Waals surface area contributed by atoms with Crippen molar-refractivity contribution in [2.75, 3.05) is 5.32 Å². The number of aliphatic hydroxyl groups excluding tert-OH is 1. The van der Waals surface area contributed by atoms with E-state index in [0.29, 0.717) is 30.0 Å². The number of urea groups is 1. The first-order valence-electron chi connectivity index (χ1n) is 8.86. The third-order valence-electron chi connectivity index (χ3n) is 5.94. The van der Waals surface area contributed by atoms with Crippen LogP contribution in [0.25, 0.3) is 0 Å². The number of carbonyl (C=O) groups excluding carboxylic acids is 1. The third-order valence-corrected chi connectivity index (χ3v) is 6.29. The summed E-state index contributed by atoms with van der Waals surface area (Å²) in [7, 11) is 0. The van der Waals surface area contributed by atoms with Crippen molar-refractivity contribution >= 4 is 23.3 Å². The largest absolute Gasteiger partial charge is 0.393 e. The second kappa shape index (κ2) is 6.30. The standard InChI is InChI=1S/C18H20ClF3N2O2/c19-16-2-1-11(7-15(16)9-3-14(25)4-9)23-17(26)24-12-5-10(18(20,21)22)6-13(24)8-12/h1-2,7,9-10,12-14,25H,3-6,8H2,(H,23,26)/t9?,10?,12-,13?,14?/m1/s1. The lowest BCUT2D eigenvalue weighted by atomic mass is 9.73. The van der Waals surface area contributed by atoms with Crippen LogP contribution < -0.4 is 5.32 Å². The Morgan fingerprint density at radius 3 is 2.38 bits per heavy atom. The van der Waals surface area contributed by atoms with E-state index in [0.717, 1.165) is 5.56 Å². The highest BCUT2D eigenvalue weighted by atomic mass is 35.5. The fourth-order valence-electron chi connectivity index (χ4n) is 4.44. The van der Waals surface area contributed by atoms with Gasteiger partial charge in [0.05, 0.1) is 12.0 Å². The number of rotatable bonds is 2. The molecule has 0 radical (unpaired) electrons. The number of fused-ring (bicyclic) bond motifs is 2. The highest BCUT2D eigenvalue weighted by Gasteiger charge is 2.54. The number of piperidine rings is 1. The van der Waals surface area contributed by atoms with E-state index in [1.165, 1.54) is 0 Å². The molecule has 3 atom stereocenters. The molecule has 2 heterocycles. The molecule has 2 saturated heterocycles. The number of alkyl halides is 3. The van der Waals surface area contributed by atoms with Gasteiger partial charge in [0.2, 0.25) is 0 Å². The van der Waals surface area contributed by atoms with Crippen molar-refractivity contribution in [1.29, 1.82) is 0 Å². The molecule has 1 saturated carbocycles. The Morgan fingerprint density at radius 1 is 1.15 bits per heavy atom. The number of anilines is 1. The van der Waals surface area contributed by atoms with Gasteiger partial charge >= 0.3 is 12.2 Å². The van der Waals surface area contributed by atoms with E-state index in [1.807, 2.05) is 0 Å². The molecule has 2 bridgehead atoms. The monoisotopic (exact) mass is 388 g/mol. The lowest BCUT2D eigenvalue weighted by molar-refractivity contribution is -0.205. The third kappa shape index (κ3) is 3.16. The molecule has 3 fully saturated rings. The van der Waals surface area contributed by atoms with Gasteiger partial charge in [-0.25, -0.2) is 4.79 Å². The molecule has 4 rings (SSSR count). The zero-order valence-electron chi connectivity index (χ0n) is 14.0. The summed E-state index contributed by atoms with van der Waals surface area (Å²) in [6.07, 6.45) is -2.59. The van der Waals surface area contributed by atoms with Crippen LogP contribution in [0.3, 0.4) is 0 Å². The molecule has 8 heteroatoms. The van der Waals surface area contributed by atoms with Crippen molar-refractivity contribution in [3.8, 4) is 0 Å². The Morgan fingerprint density at radius 2 is 1.81 bits per heavy atom. The Hall–Kier alpha value is -1.47. The number of aliphatic hydroxyl groups is 1. The molecule has 2 unspecified atom stereocenters. The molecule has 1 aromatic rings. The molecule has 3 aliphatic rings. The van der Waals surface area contributed by atoms with Crippen LogP contribution in [0.2, 0.25) is 5.02 Å². The normalized spacial score (nSPS) is 33.3. The molecule has 2 amide bonds. The van der Waals surface area contributed by atoms with E-state index in [-0.39, 0.29) is 43.0 Å². The molecule has 0 spiro atoms. The maximum atomic E-state index is 12.9. The molecule has 2 N–H and O–H groups in total. The number of amides is 2. The van der Waals surface area contributed by atoms with Crippen LogP contribution in [-0.2, 0) is 0 Å². The summed E-state index contributed by atoms with van der Waals surface area (Å²) in [5, 5.41) is 12.9. The maximum absolute atomic E-state index is 12.9. The molecule has 1 aromatic carbocycles. The van der Waals surface area contributed by atoms with Crippen molar-refractivity contribution in [2.45, 2.75) is 62.4 Å². The molecule has 4 nitrogen and oxygen atoms in total. The van der Waals surface area contributed by atoms with Gasteiger partial charge in [0.15, 0.2) is 0 Å². The summed E-state index contributed by atoms with van der Waals surface area (Å²) in [6.45, 7) is 0. The molecule has 142 valence electrons. The van der Waals surface area contributed by atoms with Crippen molar-refractivity contribution in [2.24, 2.45) is 5.92 Å². The van der Waals surface area contributed by atoms with Crippen LogP contribution >= 0.6 is 11.6 Å². The Bertz CT molecular complexity index is 709. The van der Waals surface area contributed by atoms with Crippen LogP contribution in [-0.4, -0.2) is 40.4 Å². The van der Waals surface area contributed by atoms with E-state index in [4.69, 9.17) is 11.6 Å². The van der Waals surface area contributed by atoms with Crippen LogP contribution in [0.4, 0.5) is 23.7 Å². The highest BCUT2D eigenvalue weighted by Crippen LogP contribution is 2.47. The first kappa shape index (κ1) is 17.9. The summed E-state index contributed by atoms with van der Waals surface area (Å²) in [6, 6.07) is 4.16. The molecule has 1 aliphatic carbocycles. The fourth-order valence-corrected chi connectivity index (χ4v) is 4.71. The van der Waals surface area contributed by atoms with Crippen LogP contribution in [0.15, 0.2) is 18.2 Å². The first-order chi connectivity index (χ1) is 12.2. The van der Waals surface area contributed by atoms with Gasteiger partial charge in [-0.2, -0.15) is 13.2 Å². The van der Waals surface area contributed by atoms with Gasteiger partial charge in [-0.15, -0.1) is 0 Å². The molecule has 2 aliphatic heterocycles. The smallest absolute Gasteiger partial charge is 0.391 e. The van der Waals surface area contributed by atoms with Crippen LogP contribution in [0.5, 0.6) is 0 Å². The summed E-state index contributed by atoms with van der Waals surface area (Å²) in [5.74, 6) is -1.13. The Labute approximate surface area is 154 Å². The van der Waals surface area contributed by atoms with Crippen molar-refractivity contribution in [1.82, 2.24) is 4.90 Å². The summed E-state index contributed by atoms with van der Waals surface area (Å²) in [4.78, 5) is 14.1. The maximum Gasteiger partial charge on any atom is 0.391 e. The lowest BCUT2D eigenvalue weighted by Gasteiger charge is -2.55. The van der Waals surface area contributed by atoms with Gasteiger partial charge in [0.1, 0.15) is 0 Å². The molecule has 26 heavy (non-hydrogen) atoms. The number of hydrogen-bond donors (Lipinski definition) is 2. The first-order valence-corrected chi connectivity index (χ1v) is 9.23. The second-order valence-corrected chi connectivity index (χ2v) is 8.06. The van der Waals surface area contributed by atoms with E-state index in [1.54, 1.807) is 23.1 Å². The van der Waals surface area contributed by atoms with Crippen LogP contribution in [0.1, 0.15) is 43.6 Å². The number of carbonyl (C=O) groups is 1. The zero-order valence-corrected chi connectivity index (χ0v) is 14.7. The van der Waals surface area contributed by atoms with Gasteiger partial charge < -0.3 is 15.3 Å². The second-order valence-electron chi connectivity index (χ2n) is 7.65. The van der Waals surface area contributed by atoms with E-state index >= 15 is 0 Å². The fraction of sp³-hybridized carbons (Fsp3) is 0.611. The summed E-state index contributed by atoms with van der Waals surface area (Å²) >= 11 is 6.21. The number of nitrogens with zero attached hydrogens (tertiary/aromatic N) is 1. The van der Waals surface area contributed by atoms with Crippen molar-refractivity contribution in [3.63, 3.8) is 0 Å².